The van der Waals surface area contributed by atoms with E-state index in [1.165, 1.54) is 16.7 Å². The van der Waals surface area contributed by atoms with Crippen LogP contribution in [0.3, 0.4) is 0 Å². The van der Waals surface area contributed by atoms with Crippen molar-refractivity contribution in [2.75, 3.05) is 13.1 Å². The van der Waals surface area contributed by atoms with Gasteiger partial charge in [0.25, 0.3) is 0 Å². The molecular weight excluding hydrogens is 234 g/mol. The van der Waals surface area contributed by atoms with Gasteiger partial charge in [-0.05, 0) is 31.5 Å². The van der Waals surface area contributed by atoms with Crippen LogP contribution in [-0.2, 0) is 0 Å². The first kappa shape index (κ1) is 12.1. The van der Waals surface area contributed by atoms with Crippen molar-refractivity contribution in [1.29, 1.82) is 0 Å². The molecule has 1 fully saturated rings. The Labute approximate surface area is 113 Å². The minimum absolute atomic E-state index is 0.977. The van der Waals surface area contributed by atoms with E-state index in [1.807, 2.05) is 12.3 Å². The van der Waals surface area contributed by atoms with Crippen molar-refractivity contribution < 1.29 is 0 Å². The molecule has 1 N–H and O–H groups in total. The van der Waals surface area contributed by atoms with Gasteiger partial charge in [-0.25, -0.2) is 0 Å². The molecule has 1 saturated heterocycles. The number of nitrogens with one attached hydrogen (secondary N) is 1. The monoisotopic (exact) mass is 251 g/mol. The van der Waals surface area contributed by atoms with Gasteiger partial charge in [-0.15, -0.1) is 0 Å². The van der Waals surface area contributed by atoms with E-state index in [2.05, 4.69) is 39.6 Å². The van der Waals surface area contributed by atoms with Gasteiger partial charge in [0, 0.05) is 18.0 Å². The Balaban J connectivity index is 2.11. The van der Waals surface area contributed by atoms with Crippen molar-refractivity contribution in [2.45, 2.75) is 12.8 Å². The molecule has 1 aromatic heterocycles. The predicted octanol–water partition coefficient (Wildman–Crippen LogP) is 2.66. The first-order valence-corrected chi connectivity index (χ1v) is 6.70. The fourth-order valence-electron chi connectivity index (χ4n) is 2.54. The lowest BCUT2D eigenvalue weighted by Gasteiger charge is -2.20. The fraction of sp³-hybridized carbons (Fsp3) is 0.250. The largest absolute Gasteiger partial charge is 0.316 e. The van der Waals surface area contributed by atoms with E-state index in [0.29, 0.717) is 0 Å². The van der Waals surface area contributed by atoms with Crippen LogP contribution in [0.2, 0.25) is 0 Å². The molecule has 0 spiro atoms. The second-order valence-electron chi connectivity index (χ2n) is 4.69. The molecule has 2 aromatic rings. The zero-order valence-electron chi connectivity index (χ0n) is 10.8. The van der Waals surface area contributed by atoms with E-state index in [9.17, 15) is 0 Å². The number of piperidine rings is 1. The van der Waals surface area contributed by atoms with E-state index in [-0.39, 0.29) is 0 Å². The average molecular weight is 251 g/mol. The van der Waals surface area contributed by atoms with Gasteiger partial charge in [0.2, 0.25) is 0 Å². The minimum atomic E-state index is 0.977. The topological polar surface area (TPSA) is 37.8 Å². The molecule has 19 heavy (non-hydrogen) atoms. The van der Waals surface area contributed by atoms with Gasteiger partial charge < -0.3 is 5.32 Å². The summed E-state index contributed by atoms with van der Waals surface area (Å²) in [4.78, 5) is 8.70. The van der Waals surface area contributed by atoms with E-state index < -0.39 is 0 Å². The predicted molar refractivity (Wildman–Crippen MR) is 76.6 cm³/mol. The highest BCUT2D eigenvalue weighted by Crippen LogP contribution is 2.29. The second-order valence-corrected chi connectivity index (χ2v) is 4.69. The summed E-state index contributed by atoms with van der Waals surface area (Å²) in [5.74, 6) is 0. The van der Waals surface area contributed by atoms with Crippen LogP contribution in [0, 0.1) is 0 Å². The van der Waals surface area contributed by atoms with Gasteiger partial charge in [-0.1, -0.05) is 35.9 Å². The fourth-order valence-corrected chi connectivity index (χ4v) is 2.54. The number of nitrogens with zero attached hydrogens (tertiary/aromatic N) is 2. The van der Waals surface area contributed by atoms with E-state index in [0.717, 1.165) is 31.6 Å². The van der Waals surface area contributed by atoms with Crippen LogP contribution < -0.4 is 5.32 Å². The standard InChI is InChI=1S/C16H17N3/c1-2-4-13(5-3-1)16(14-6-8-17-9-7-14)15-12-18-10-11-19-15/h1-5,10-12,17H,6-9H2. The van der Waals surface area contributed by atoms with E-state index in [1.54, 1.807) is 12.4 Å². The smallest absolute Gasteiger partial charge is 0.0890 e. The zero-order chi connectivity index (χ0) is 12.9. The lowest BCUT2D eigenvalue weighted by atomic mass is 9.92. The first-order valence-electron chi connectivity index (χ1n) is 6.70. The van der Waals surface area contributed by atoms with Gasteiger partial charge in [0.1, 0.15) is 0 Å². The molecule has 3 heteroatoms. The summed E-state index contributed by atoms with van der Waals surface area (Å²) in [5.41, 5.74) is 4.95. The molecule has 0 aliphatic carbocycles. The highest BCUT2D eigenvalue weighted by Gasteiger charge is 2.15. The highest BCUT2D eigenvalue weighted by molar-refractivity contribution is 5.80. The number of hydrogen-bond acceptors (Lipinski definition) is 3. The average Bonchev–Trinajstić information content (AvgIpc) is 2.51. The summed E-state index contributed by atoms with van der Waals surface area (Å²) >= 11 is 0. The van der Waals surface area contributed by atoms with Crippen LogP contribution in [0.15, 0.2) is 54.5 Å². The Kier molecular flexibility index (Phi) is 3.65. The normalized spacial score (nSPS) is 15.3. The summed E-state index contributed by atoms with van der Waals surface area (Å²) in [6, 6.07) is 10.5. The van der Waals surface area contributed by atoms with Crippen molar-refractivity contribution in [2.24, 2.45) is 0 Å². The molecule has 0 atom stereocenters. The Morgan fingerprint density at radius 3 is 2.47 bits per heavy atom. The third-order valence-electron chi connectivity index (χ3n) is 3.44. The molecule has 0 amide bonds. The number of benzene rings is 1. The third kappa shape index (κ3) is 2.71. The maximum absolute atomic E-state index is 4.49. The van der Waals surface area contributed by atoms with Crippen LogP contribution in [-0.4, -0.2) is 23.1 Å². The summed E-state index contributed by atoms with van der Waals surface area (Å²) in [6.07, 6.45) is 7.51. The lowest BCUT2D eigenvalue weighted by molar-refractivity contribution is 0.611. The molecule has 1 aromatic carbocycles. The molecule has 96 valence electrons. The molecule has 0 unspecified atom stereocenters. The maximum atomic E-state index is 4.49. The highest BCUT2D eigenvalue weighted by atomic mass is 14.9. The maximum Gasteiger partial charge on any atom is 0.0890 e. The molecule has 1 aliphatic rings. The van der Waals surface area contributed by atoms with Gasteiger partial charge in [0.15, 0.2) is 0 Å². The van der Waals surface area contributed by atoms with E-state index >= 15 is 0 Å². The molecule has 3 rings (SSSR count). The number of rotatable bonds is 2. The van der Waals surface area contributed by atoms with Crippen molar-refractivity contribution >= 4 is 5.57 Å². The molecular formula is C16H17N3. The van der Waals surface area contributed by atoms with Gasteiger partial charge in [-0.3, -0.25) is 9.97 Å². The van der Waals surface area contributed by atoms with E-state index in [4.69, 9.17) is 0 Å². The number of hydrogen-bond donors (Lipinski definition) is 1. The molecule has 2 heterocycles. The third-order valence-corrected chi connectivity index (χ3v) is 3.44. The Morgan fingerprint density at radius 2 is 1.79 bits per heavy atom. The Morgan fingerprint density at radius 1 is 1.00 bits per heavy atom. The molecule has 0 saturated carbocycles. The summed E-state index contributed by atoms with van der Waals surface area (Å²) < 4.78 is 0. The molecule has 0 radical (unpaired) electrons. The number of aromatic nitrogens is 2. The summed E-state index contributed by atoms with van der Waals surface area (Å²) in [6.45, 7) is 2.10. The molecule has 3 nitrogen and oxygen atoms in total. The van der Waals surface area contributed by atoms with Gasteiger partial charge >= 0.3 is 0 Å². The van der Waals surface area contributed by atoms with Crippen LogP contribution in [0.5, 0.6) is 0 Å². The van der Waals surface area contributed by atoms with Crippen LogP contribution >= 0.6 is 0 Å². The quantitative estimate of drug-likeness (QED) is 0.891. The van der Waals surface area contributed by atoms with Crippen molar-refractivity contribution in [3.63, 3.8) is 0 Å². The van der Waals surface area contributed by atoms with Crippen molar-refractivity contribution in [3.05, 3.63) is 65.8 Å². The van der Waals surface area contributed by atoms with Gasteiger partial charge in [0.05, 0.1) is 11.9 Å². The van der Waals surface area contributed by atoms with Crippen LogP contribution in [0.1, 0.15) is 24.1 Å². The molecule has 0 bridgehead atoms. The van der Waals surface area contributed by atoms with Crippen molar-refractivity contribution in [3.8, 4) is 0 Å². The van der Waals surface area contributed by atoms with Crippen LogP contribution in [0.4, 0.5) is 0 Å². The summed E-state index contributed by atoms with van der Waals surface area (Å²) in [7, 11) is 0. The Bertz CT molecular complexity index is 512. The SMILES string of the molecule is c1ccc(C(=C2CCNCC2)c2cnccn2)cc1. The lowest BCUT2D eigenvalue weighted by Crippen LogP contribution is -2.24. The minimum Gasteiger partial charge on any atom is -0.316 e. The summed E-state index contributed by atoms with van der Waals surface area (Å²) in [5, 5.41) is 3.40. The Hall–Kier alpha value is -2.00. The van der Waals surface area contributed by atoms with Crippen molar-refractivity contribution in [1.82, 2.24) is 15.3 Å². The van der Waals surface area contributed by atoms with Gasteiger partial charge in [-0.2, -0.15) is 0 Å². The second kappa shape index (κ2) is 5.76. The first-order chi connectivity index (χ1) is 9.45. The van der Waals surface area contributed by atoms with Crippen LogP contribution in [0.25, 0.3) is 5.57 Å². The zero-order valence-corrected chi connectivity index (χ0v) is 10.8. The molecule has 1 aliphatic heterocycles.